The van der Waals surface area contributed by atoms with Crippen molar-refractivity contribution < 1.29 is 0 Å². The van der Waals surface area contributed by atoms with Crippen LogP contribution in [-0.4, -0.2) is 0 Å². The van der Waals surface area contributed by atoms with Gasteiger partial charge >= 0.3 is 0 Å². The third kappa shape index (κ3) is 5.20. The first-order valence-corrected chi connectivity index (χ1v) is 17.6. The quantitative estimate of drug-likeness (QED) is 0.231. The standard InChI is InChI=1S/C47H54/c1-13-36-15-17-37(18-16-36)24-30(4)25-38-19-21-39(22-20-38)40-23-14-31(5)43-33(7)44-35(9)47(12)34(8)42(29(2)3)32(6)26-46(47,11)28-45(44,10)27-41(40)43/h14-23H,2,4,7-8,13,24-28H2,1,3,5-6,9-12H3/t45-,46+,47-/m1/s1. The van der Waals surface area contributed by atoms with Gasteiger partial charge < -0.3 is 0 Å². The van der Waals surface area contributed by atoms with E-state index in [0.717, 1.165) is 44.1 Å². The monoisotopic (exact) mass is 618 g/mol. The second-order valence-electron chi connectivity index (χ2n) is 15.9. The van der Waals surface area contributed by atoms with Crippen molar-refractivity contribution in [2.45, 2.75) is 93.9 Å². The number of fused-ring (bicyclic) bond motifs is 3. The summed E-state index contributed by atoms with van der Waals surface area (Å²) in [6.07, 6.45) is 6.09. The van der Waals surface area contributed by atoms with Gasteiger partial charge in [0, 0.05) is 5.41 Å². The summed E-state index contributed by atoms with van der Waals surface area (Å²) in [5.74, 6) is 0. The van der Waals surface area contributed by atoms with Gasteiger partial charge in [0.1, 0.15) is 0 Å². The van der Waals surface area contributed by atoms with E-state index in [0.29, 0.717) is 0 Å². The Bertz CT molecular complexity index is 1900. The predicted molar refractivity (Wildman–Crippen MR) is 205 cm³/mol. The van der Waals surface area contributed by atoms with Crippen LogP contribution in [0.3, 0.4) is 0 Å². The smallest absolute Gasteiger partial charge is 0.0194 e. The summed E-state index contributed by atoms with van der Waals surface area (Å²) in [4.78, 5) is 0. The maximum Gasteiger partial charge on any atom is 0.0194 e. The van der Waals surface area contributed by atoms with Crippen LogP contribution < -0.4 is 0 Å². The van der Waals surface area contributed by atoms with Crippen molar-refractivity contribution in [1.82, 2.24) is 0 Å². The van der Waals surface area contributed by atoms with E-state index in [1.807, 2.05) is 0 Å². The number of hydrogen-bond donors (Lipinski definition) is 0. The Balaban J connectivity index is 1.34. The molecule has 0 nitrogen and oxygen atoms in total. The molecular weight excluding hydrogens is 565 g/mol. The van der Waals surface area contributed by atoms with E-state index >= 15 is 0 Å². The number of aryl methyl sites for hydroxylation is 2. The molecule has 3 aliphatic rings. The first-order chi connectivity index (χ1) is 22.1. The van der Waals surface area contributed by atoms with Crippen LogP contribution in [0, 0.1) is 23.2 Å². The van der Waals surface area contributed by atoms with Crippen molar-refractivity contribution in [3.8, 4) is 11.1 Å². The molecule has 0 heteroatoms. The van der Waals surface area contributed by atoms with Crippen molar-refractivity contribution in [3.05, 3.63) is 159 Å². The minimum atomic E-state index is -0.139. The van der Waals surface area contributed by atoms with Crippen LogP contribution in [-0.2, 0) is 25.7 Å². The molecule has 3 aliphatic carbocycles. The number of rotatable bonds is 7. The van der Waals surface area contributed by atoms with Gasteiger partial charge in [-0.05, 0) is 144 Å². The summed E-state index contributed by atoms with van der Waals surface area (Å²) in [5, 5.41) is 0. The summed E-state index contributed by atoms with van der Waals surface area (Å²) in [5.41, 5.74) is 21.2. The van der Waals surface area contributed by atoms with Crippen molar-refractivity contribution in [2.75, 3.05) is 0 Å². The van der Waals surface area contributed by atoms with Gasteiger partial charge in [-0.3, -0.25) is 0 Å². The molecule has 0 aromatic heterocycles. The largest absolute Gasteiger partial charge is 0.0992 e. The summed E-state index contributed by atoms with van der Waals surface area (Å²) in [6.45, 7) is 37.2. The second-order valence-corrected chi connectivity index (χ2v) is 15.9. The third-order valence-electron chi connectivity index (χ3n) is 12.4. The van der Waals surface area contributed by atoms with E-state index in [2.05, 4.69) is 129 Å². The minimum absolute atomic E-state index is 0.000724. The fourth-order valence-electron chi connectivity index (χ4n) is 10.1. The van der Waals surface area contributed by atoms with Gasteiger partial charge in [0.05, 0.1) is 0 Å². The van der Waals surface area contributed by atoms with Gasteiger partial charge in [-0.25, -0.2) is 0 Å². The van der Waals surface area contributed by atoms with Gasteiger partial charge in [0.2, 0.25) is 0 Å². The topological polar surface area (TPSA) is 0 Å². The molecule has 0 spiro atoms. The van der Waals surface area contributed by atoms with E-state index in [1.54, 1.807) is 0 Å². The molecule has 0 saturated carbocycles. The first-order valence-electron chi connectivity index (χ1n) is 17.6. The lowest BCUT2D eigenvalue weighted by Gasteiger charge is -2.62. The van der Waals surface area contributed by atoms with E-state index in [1.165, 1.54) is 83.5 Å². The van der Waals surface area contributed by atoms with Gasteiger partial charge in [-0.15, -0.1) is 0 Å². The van der Waals surface area contributed by atoms with Crippen LogP contribution in [0.5, 0.6) is 0 Å². The van der Waals surface area contributed by atoms with E-state index in [9.17, 15) is 0 Å². The maximum absolute atomic E-state index is 4.88. The molecule has 3 aromatic carbocycles. The number of allylic oxidation sites excluding steroid dienone is 8. The highest BCUT2D eigenvalue weighted by Crippen LogP contribution is 2.70. The van der Waals surface area contributed by atoms with Gasteiger partial charge in [-0.1, -0.05) is 137 Å². The lowest BCUT2D eigenvalue weighted by molar-refractivity contribution is 0.0544. The molecule has 3 aromatic rings. The van der Waals surface area contributed by atoms with Crippen LogP contribution in [0.1, 0.15) is 94.7 Å². The SMILES string of the molecule is C=C(Cc1ccc(CC)cc1)Cc1ccc(-c2ccc(C)c3c2C[C@]2(C)C[C@]4(C)CC(C)=C(C(=C)C)C(=C)[C@]4(C)C(C)=C2C3=C)cc1. The van der Waals surface area contributed by atoms with Crippen molar-refractivity contribution >= 4 is 5.57 Å². The average Bonchev–Trinajstić information content (AvgIpc) is 2.99. The highest BCUT2D eigenvalue weighted by molar-refractivity contribution is 5.90. The zero-order chi connectivity index (χ0) is 34.1. The molecule has 0 unspecified atom stereocenters. The van der Waals surface area contributed by atoms with Gasteiger partial charge in [0.15, 0.2) is 0 Å². The minimum Gasteiger partial charge on any atom is -0.0992 e. The second kappa shape index (κ2) is 11.7. The van der Waals surface area contributed by atoms with Crippen LogP contribution in [0.4, 0.5) is 0 Å². The van der Waals surface area contributed by atoms with Crippen molar-refractivity contribution in [1.29, 1.82) is 0 Å². The van der Waals surface area contributed by atoms with Crippen LogP contribution in [0.2, 0.25) is 0 Å². The Morgan fingerprint density at radius 3 is 1.91 bits per heavy atom. The molecule has 6 rings (SSSR count). The Morgan fingerprint density at radius 2 is 1.34 bits per heavy atom. The molecule has 0 radical (unpaired) electrons. The first kappa shape index (κ1) is 33.0. The Labute approximate surface area is 285 Å². The third-order valence-corrected chi connectivity index (χ3v) is 12.4. The molecule has 0 aliphatic heterocycles. The van der Waals surface area contributed by atoms with Crippen LogP contribution >= 0.6 is 0 Å². The van der Waals surface area contributed by atoms with Gasteiger partial charge in [-0.2, -0.15) is 0 Å². The molecule has 0 saturated heterocycles. The number of hydrogen-bond acceptors (Lipinski definition) is 0. The zero-order valence-corrected chi connectivity index (χ0v) is 30.3. The van der Waals surface area contributed by atoms with Crippen LogP contribution in [0.15, 0.2) is 126 Å². The fourth-order valence-corrected chi connectivity index (χ4v) is 10.1. The van der Waals surface area contributed by atoms with Crippen molar-refractivity contribution in [2.24, 2.45) is 16.2 Å². The Morgan fingerprint density at radius 1 is 0.766 bits per heavy atom. The number of benzene rings is 3. The normalized spacial score (nSPS) is 25.4. The highest BCUT2D eigenvalue weighted by atomic mass is 14.6. The van der Waals surface area contributed by atoms with E-state index in [4.69, 9.17) is 13.2 Å². The summed E-state index contributed by atoms with van der Waals surface area (Å²) in [7, 11) is 0. The lowest BCUT2D eigenvalue weighted by Crippen LogP contribution is -2.52. The Kier molecular flexibility index (Phi) is 8.19. The van der Waals surface area contributed by atoms with Gasteiger partial charge in [0.25, 0.3) is 0 Å². The molecule has 242 valence electrons. The highest BCUT2D eigenvalue weighted by Gasteiger charge is 2.59. The maximum atomic E-state index is 4.88. The molecule has 47 heavy (non-hydrogen) atoms. The molecule has 0 bridgehead atoms. The molecule has 0 heterocycles. The summed E-state index contributed by atoms with van der Waals surface area (Å²) < 4.78 is 0. The molecule has 0 amide bonds. The van der Waals surface area contributed by atoms with E-state index < -0.39 is 0 Å². The molecule has 0 fully saturated rings. The summed E-state index contributed by atoms with van der Waals surface area (Å²) >= 11 is 0. The van der Waals surface area contributed by atoms with Crippen LogP contribution in [0.25, 0.3) is 16.7 Å². The van der Waals surface area contributed by atoms with E-state index in [-0.39, 0.29) is 16.2 Å². The average molecular weight is 619 g/mol. The molecule has 0 N–H and O–H groups in total. The Hall–Kier alpha value is -3.90. The predicted octanol–water partition coefficient (Wildman–Crippen LogP) is 12.7. The zero-order valence-electron chi connectivity index (χ0n) is 30.3. The molecule has 3 atom stereocenters. The fraction of sp³-hybridized carbons (Fsp3) is 0.362. The van der Waals surface area contributed by atoms with Crippen molar-refractivity contribution in [3.63, 3.8) is 0 Å². The summed E-state index contributed by atoms with van der Waals surface area (Å²) in [6, 6.07) is 22.9. The lowest BCUT2D eigenvalue weighted by atomic mass is 9.41. The molecular formula is C47H54.